The Morgan fingerprint density at radius 3 is 2.78 bits per heavy atom. The molecule has 202 valence electrons. The molecular weight excluding hydrogens is 502 g/mol. The van der Waals surface area contributed by atoms with Crippen molar-refractivity contribution in [2.45, 2.75) is 76.7 Å². The highest BCUT2D eigenvalue weighted by Gasteiger charge is 2.47. The van der Waals surface area contributed by atoms with Gasteiger partial charge in [-0.05, 0) is 69.0 Å². The van der Waals surface area contributed by atoms with E-state index in [1.54, 1.807) is 19.2 Å². The van der Waals surface area contributed by atoms with Gasteiger partial charge in [0.2, 0.25) is 0 Å². The van der Waals surface area contributed by atoms with Crippen LogP contribution in [0.3, 0.4) is 0 Å². The number of thiazole rings is 1. The summed E-state index contributed by atoms with van der Waals surface area (Å²) in [5.41, 5.74) is 1.07. The minimum atomic E-state index is -2.57. The molecule has 2 aromatic rings. The van der Waals surface area contributed by atoms with Crippen LogP contribution < -0.4 is 9.47 Å². The van der Waals surface area contributed by atoms with Crippen LogP contribution in [-0.2, 0) is 17.6 Å². The zero-order chi connectivity index (χ0) is 25.8. The van der Waals surface area contributed by atoms with Crippen LogP contribution in [0.1, 0.15) is 61.3 Å². The molecule has 0 unspecified atom stereocenters. The standard InChI is InChI=1S/C26H34F2N4O4S/c1-17-12-24(31-36-17)34-16-23(33)29-15-19-4-2-18(3-5-19)6-9-32-10-7-21-22(8-11-32)37-25(30-21)35-20-13-26(27,28)14-20/h12,15,18-20H,2-11,13-14,16H2,1H3/b29-15-. The van der Waals surface area contributed by atoms with E-state index in [1.165, 1.54) is 22.6 Å². The van der Waals surface area contributed by atoms with E-state index < -0.39 is 12.0 Å². The number of ether oxygens (including phenoxy) is 2. The van der Waals surface area contributed by atoms with Crippen molar-refractivity contribution in [2.75, 3.05) is 26.2 Å². The summed E-state index contributed by atoms with van der Waals surface area (Å²) in [6.45, 7) is 4.67. The molecule has 0 aromatic carbocycles. The number of nitrogens with zero attached hydrogens (tertiary/aromatic N) is 4. The van der Waals surface area contributed by atoms with Crippen molar-refractivity contribution in [1.29, 1.82) is 0 Å². The lowest BCUT2D eigenvalue weighted by Gasteiger charge is -2.33. The molecule has 37 heavy (non-hydrogen) atoms. The molecule has 8 nitrogen and oxygen atoms in total. The molecule has 0 saturated heterocycles. The summed E-state index contributed by atoms with van der Waals surface area (Å²) < 4.78 is 42.0. The third kappa shape index (κ3) is 7.34. The first-order valence-corrected chi connectivity index (χ1v) is 14.0. The van der Waals surface area contributed by atoms with Crippen LogP contribution >= 0.6 is 11.3 Å². The van der Waals surface area contributed by atoms with E-state index in [0.29, 0.717) is 28.7 Å². The predicted octanol–water partition coefficient (Wildman–Crippen LogP) is 4.89. The van der Waals surface area contributed by atoms with E-state index >= 15 is 0 Å². The normalized spacial score (nSPS) is 24.4. The Morgan fingerprint density at radius 2 is 2.05 bits per heavy atom. The number of carbonyl (C=O) groups excluding carboxylic acids is 1. The number of fused-ring (bicyclic) bond motifs is 1. The maximum Gasteiger partial charge on any atom is 0.283 e. The number of aromatic nitrogens is 2. The summed E-state index contributed by atoms with van der Waals surface area (Å²) in [6.07, 6.45) is 8.43. The largest absolute Gasteiger partial charge is 0.466 e. The van der Waals surface area contributed by atoms with Crippen LogP contribution in [0.4, 0.5) is 8.78 Å². The van der Waals surface area contributed by atoms with Crippen molar-refractivity contribution in [1.82, 2.24) is 15.0 Å². The molecule has 3 aliphatic rings. The van der Waals surface area contributed by atoms with Gasteiger partial charge in [0.1, 0.15) is 11.9 Å². The SMILES string of the molecule is Cc1cc(OCC(=O)/N=C\C2CCC(CCN3CCc4nc(OC5CC(F)(F)C5)sc4CC3)CC2)no1. The third-order valence-electron chi connectivity index (χ3n) is 7.52. The Kier molecular flexibility index (Phi) is 8.18. The van der Waals surface area contributed by atoms with E-state index in [0.717, 1.165) is 63.9 Å². The lowest BCUT2D eigenvalue weighted by atomic mass is 9.81. The lowest BCUT2D eigenvalue weighted by molar-refractivity contribution is -0.134. The molecule has 0 atom stereocenters. The van der Waals surface area contributed by atoms with Gasteiger partial charge >= 0.3 is 0 Å². The summed E-state index contributed by atoms with van der Waals surface area (Å²) in [4.78, 5) is 24.4. The number of amides is 1. The Morgan fingerprint density at radius 1 is 1.27 bits per heavy atom. The number of hydrogen-bond acceptors (Lipinski definition) is 8. The fraction of sp³-hybridized carbons (Fsp3) is 0.692. The first-order valence-electron chi connectivity index (χ1n) is 13.2. The summed E-state index contributed by atoms with van der Waals surface area (Å²) in [7, 11) is 0. The molecule has 5 rings (SSSR count). The first kappa shape index (κ1) is 26.2. The van der Waals surface area contributed by atoms with Crippen molar-refractivity contribution in [3.63, 3.8) is 0 Å². The van der Waals surface area contributed by atoms with Gasteiger partial charge in [0, 0.05) is 49.5 Å². The minimum absolute atomic E-state index is 0.135. The molecule has 2 aromatic heterocycles. The molecule has 2 saturated carbocycles. The van der Waals surface area contributed by atoms with Crippen molar-refractivity contribution < 1.29 is 27.6 Å². The van der Waals surface area contributed by atoms with Crippen LogP contribution in [0.15, 0.2) is 15.6 Å². The minimum Gasteiger partial charge on any atom is -0.466 e. The van der Waals surface area contributed by atoms with E-state index in [2.05, 4.69) is 20.0 Å². The number of carbonyl (C=O) groups is 1. The Labute approximate surface area is 219 Å². The van der Waals surface area contributed by atoms with Crippen molar-refractivity contribution in [2.24, 2.45) is 16.8 Å². The monoisotopic (exact) mass is 536 g/mol. The molecule has 3 heterocycles. The van der Waals surface area contributed by atoms with Gasteiger partial charge in [0.05, 0.1) is 5.69 Å². The molecule has 2 aliphatic carbocycles. The quantitative estimate of drug-likeness (QED) is 0.422. The number of hydrogen-bond donors (Lipinski definition) is 0. The van der Waals surface area contributed by atoms with Crippen molar-refractivity contribution in [3.05, 3.63) is 22.4 Å². The number of aliphatic imine (C=N–C) groups is 1. The van der Waals surface area contributed by atoms with Crippen LogP contribution in [0.2, 0.25) is 0 Å². The Balaban J connectivity index is 0.969. The van der Waals surface area contributed by atoms with Gasteiger partial charge in [0.15, 0.2) is 6.61 Å². The van der Waals surface area contributed by atoms with Gasteiger partial charge in [-0.1, -0.05) is 11.3 Å². The van der Waals surface area contributed by atoms with Crippen LogP contribution in [0.25, 0.3) is 0 Å². The predicted molar refractivity (Wildman–Crippen MR) is 135 cm³/mol. The molecule has 1 amide bonds. The average Bonchev–Trinajstić information content (AvgIpc) is 3.40. The maximum absolute atomic E-state index is 13.1. The zero-order valence-corrected chi connectivity index (χ0v) is 22.0. The highest BCUT2D eigenvalue weighted by Crippen LogP contribution is 2.41. The fourth-order valence-corrected chi connectivity index (χ4v) is 6.27. The molecule has 0 spiro atoms. The first-order chi connectivity index (χ1) is 17.8. The molecule has 0 bridgehead atoms. The molecule has 1 aliphatic heterocycles. The van der Waals surface area contributed by atoms with Gasteiger partial charge in [-0.2, -0.15) is 0 Å². The number of aryl methyl sites for hydroxylation is 1. The number of rotatable bonds is 9. The Bertz CT molecular complexity index is 1060. The highest BCUT2D eigenvalue weighted by atomic mass is 32.1. The topological polar surface area (TPSA) is 90.0 Å². The summed E-state index contributed by atoms with van der Waals surface area (Å²) in [6, 6.07) is 1.63. The van der Waals surface area contributed by atoms with E-state index in [-0.39, 0.29) is 25.4 Å². The van der Waals surface area contributed by atoms with E-state index in [4.69, 9.17) is 14.0 Å². The van der Waals surface area contributed by atoms with Gasteiger partial charge in [-0.15, -0.1) is 0 Å². The second-order valence-electron chi connectivity index (χ2n) is 10.5. The van der Waals surface area contributed by atoms with E-state index in [9.17, 15) is 13.6 Å². The van der Waals surface area contributed by atoms with Crippen LogP contribution in [0.5, 0.6) is 11.1 Å². The highest BCUT2D eigenvalue weighted by molar-refractivity contribution is 7.13. The average molecular weight is 537 g/mol. The van der Waals surface area contributed by atoms with Gasteiger partial charge in [0.25, 0.3) is 22.9 Å². The number of halogens is 2. The molecular formula is C26H34F2N4O4S. The number of alkyl halides is 2. The summed E-state index contributed by atoms with van der Waals surface area (Å²) in [5.74, 6) is -0.897. The summed E-state index contributed by atoms with van der Waals surface area (Å²) in [5, 5.41) is 4.25. The van der Waals surface area contributed by atoms with Crippen molar-refractivity contribution >= 4 is 23.5 Å². The Hall–Kier alpha value is -2.40. The molecule has 0 N–H and O–H groups in total. The zero-order valence-electron chi connectivity index (χ0n) is 21.2. The molecule has 2 fully saturated rings. The van der Waals surface area contributed by atoms with Crippen molar-refractivity contribution in [3.8, 4) is 11.1 Å². The van der Waals surface area contributed by atoms with Crippen LogP contribution in [-0.4, -0.2) is 65.4 Å². The second-order valence-corrected chi connectivity index (χ2v) is 11.5. The molecule has 0 radical (unpaired) electrons. The lowest BCUT2D eigenvalue weighted by Crippen LogP contribution is -2.43. The van der Waals surface area contributed by atoms with Gasteiger partial charge in [-0.25, -0.2) is 18.8 Å². The fourth-order valence-electron chi connectivity index (χ4n) is 5.26. The second kappa shape index (κ2) is 11.6. The van der Waals surface area contributed by atoms with E-state index in [1.807, 2.05) is 0 Å². The third-order valence-corrected chi connectivity index (χ3v) is 8.57. The van der Waals surface area contributed by atoms with Crippen LogP contribution in [0, 0.1) is 18.8 Å². The smallest absolute Gasteiger partial charge is 0.283 e. The van der Waals surface area contributed by atoms with Gasteiger partial charge in [-0.3, -0.25) is 4.79 Å². The maximum atomic E-state index is 13.1. The van der Waals surface area contributed by atoms with Gasteiger partial charge < -0.3 is 18.9 Å². The molecule has 11 heteroatoms. The summed E-state index contributed by atoms with van der Waals surface area (Å²) >= 11 is 1.53.